The van der Waals surface area contributed by atoms with E-state index in [2.05, 4.69) is 15.5 Å². The number of furan rings is 1. The summed E-state index contributed by atoms with van der Waals surface area (Å²) in [7, 11) is 0. The van der Waals surface area contributed by atoms with Crippen molar-refractivity contribution in [1.82, 2.24) is 10.2 Å². The van der Waals surface area contributed by atoms with Gasteiger partial charge in [0.15, 0.2) is 0 Å². The van der Waals surface area contributed by atoms with Gasteiger partial charge in [0.1, 0.15) is 5.76 Å². The molecule has 0 spiro atoms. The maximum Gasteiger partial charge on any atom is 0.253 e. The van der Waals surface area contributed by atoms with Crippen LogP contribution in [0.1, 0.15) is 30.0 Å². The van der Waals surface area contributed by atoms with E-state index in [0.717, 1.165) is 0 Å². The number of hydrogen-bond acceptors (Lipinski definition) is 5. The van der Waals surface area contributed by atoms with Gasteiger partial charge < -0.3 is 19.8 Å². The Labute approximate surface area is 158 Å². The summed E-state index contributed by atoms with van der Waals surface area (Å²) in [4.78, 5) is 27.0. The van der Waals surface area contributed by atoms with Gasteiger partial charge in [-0.25, -0.2) is 0 Å². The van der Waals surface area contributed by atoms with Crippen LogP contribution in [0.5, 0.6) is 0 Å². The number of carbonyl (C=O) groups excluding carboxylic acids is 2. The van der Waals surface area contributed by atoms with Gasteiger partial charge >= 0.3 is 0 Å². The molecule has 0 radical (unpaired) electrons. The van der Waals surface area contributed by atoms with E-state index >= 15 is 0 Å². The summed E-state index contributed by atoms with van der Waals surface area (Å²) in [5.74, 6) is 0.249. The van der Waals surface area contributed by atoms with E-state index in [4.69, 9.17) is 9.15 Å². The Balaban J connectivity index is 1.59. The van der Waals surface area contributed by atoms with Gasteiger partial charge in [0, 0.05) is 13.1 Å². The van der Waals surface area contributed by atoms with Crippen molar-refractivity contribution in [2.75, 3.05) is 25.0 Å². The molecule has 2 aromatic rings. The van der Waals surface area contributed by atoms with Crippen molar-refractivity contribution in [1.29, 1.82) is 0 Å². The van der Waals surface area contributed by atoms with E-state index < -0.39 is 0 Å². The molecule has 2 amide bonds. The van der Waals surface area contributed by atoms with Crippen LogP contribution in [0.15, 0.2) is 47.1 Å². The van der Waals surface area contributed by atoms with Crippen LogP contribution in [0.3, 0.4) is 0 Å². The quantitative estimate of drug-likeness (QED) is 0.814. The third-order valence-corrected chi connectivity index (χ3v) is 4.31. The lowest BCUT2D eigenvalue weighted by atomic mass is 10.1. The molecule has 1 saturated heterocycles. The Kier molecular flexibility index (Phi) is 6.26. The summed E-state index contributed by atoms with van der Waals surface area (Å²) in [6.45, 7) is 5.97. The zero-order chi connectivity index (χ0) is 19.2. The second kappa shape index (κ2) is 8.83. The molecule has 3 rings (SSSR count). The molecular weight excluding hydrogens is 346 g/mol. The van der Waals surface area contributed by atoms with Gasteiger partial charge in [-0.15, -0.1) is 0 Å². The minimum absolute atomic E-state index is 0.0983. The first kappa shape index (κ1) is 19.1. The fraction of sp³-hybridized carbons (Fsp3) is 0.400. The number of ether oxygens (including phenoxy) is 1. The first-order chi connectivity index (χ1) is 13.0. The lowest BCUT2D eigenvalue weighted by Crippen LogP contribution is -2.48. The Morgan fingerprint density at radius 2 is 1.85 bits per heavy atom. The molecule has 1 aromatic carbocycles. The molecular formula is C20H25N3O4. The highest BCUT2D eigenvalue weighted by Gasteiger charge is 2.24. The van der Waals surface area contributed by atoms with Gasteiger partial charge in [0.05, 0.1) is 42.8 Å². The van der Waals surface area contributed by atoms with Crippen molar-refractivity contribution in [3.8, 4) is 0 Å². The van der Waals surface area contributed by atoms with Gasteiger partial charge in [-0.1, -0.05) is 12.1 Å². The number of anilines is 1. The summed E-state index contributed by atoms with van der Waals surface area (Å²) in [6, 6.07) is 10.5. The predicted molar refractivity (Wildman–Crippen MR) is 101 cm³/mol. The topological polar surface area (TPSA) is 83.8 Å². The number of nitrogens with zero attached hydrogens (tertiary/aromatic N) is 1. The van der Waals surface area contributed by atoms with E-state index in [1.807, 2.05) is 13.8 Å². The summed E-state index contributed by atoms with van der Waals surface area (Å²) >= 11 is 0. The molecule has 7 heteroatoms. The first-order valence-corrected chi connectivity index (χ1v) is 9.08. The van der Waals surface area contributed by atoms with Crippen molar-refractivity contribution >= 4 is 17.5 Å². The average molecular weight is 371 g/mol. The minimum atomic E-state index is -0.268. The summed E-state index contributed by atoms with van der Waals surface area (Å²) < 4.78 is 10.9. The number of benzene rings is 1. The molecule has 0 bridgehead atoms. The fourth-order valence-corrected chi connectivity index (χ4v) is 3.27. The summed E-state index contributed by atoms with van der Waals surface area (Å²) in [5.41, 5.74) is 0.912. The fourth-order valence-electron chi connectivity index (χ4n) is 3.27. The zero-order valence-electron chi connectivity index (χ0n) is 15.6. The van der Waals surface area contributed by atoms with Crippen LogP contribution >= 0.6 is 0 Å². The highest BCUT2D eigenvalue weighted by molar-refractivity contribution is 6.04. The van der Waals surface area contributed by atoms with Gasteiger partial charge in [0.25, 0.3) is 5.91 Å². The van der Waals surface area contributed by atoms with Crippen LogP contribution in [0.4, 0.5) is 5.69 Å². The molecule has 27 heavy (non-hydrogen) atoms. The number of nitrogens with one attached hydrogen (secondary N) is 2. The predicted octanol–water partition coefficient (Wildman–Crippen LogP) is 2.26. The van der Waals surface area contributed by atoms with Crippen molar-refractivity contribution in [2.45, 2.75) is 32.6 Å². The number of amides is 2. The van der Waals surface area contributed by atoms with Gasteiger partial charge in [-0.2, -0.15) is 0 Å². The van der Waals surface area contributed by atoms with Crippen LogP contribution in [0.2, 0.25) is 0 Å². The van der Waals surface area contributed by atoms with E-state index in [-0.39, 0.29) is 37.1 Å². The van der Waals surface area contributed by atoms with Crippen LogP contribution in [-0.4, -0.2) is 48.6 Å². The number of carbonyl (C=O) groups is 2. The number of morpholine rings is 1. The Hall–Kier alpha value is -2.64. The highest BCUT2D eigenvalue weighted by Crippen LogP contribution is 2.16. The maximum atomic E-state index is 12.5. The first-order valence-electron chi connectivity index (χ1n) is 9.08. The molecule has 2 N–H and O–H groups in total. The van der Waals surface area contributed by atoms with Gasteiger partial charge in [-0.3, -0.25) is 14.5 Å². The van der Waals surface area contributed by atoms with E-state index in [0.29, 0.717) is 30.1 Å². The molecule has 2 heterocycles. The van der Waals surface area contributed by atoms with Crippen LogP contribution in [0, 0.1) is 0 Å². The van der Waals surface area contributed by atoms with Crippen LogP contribution in [-0.2, 0) is 16.1 Å². The molecule has 1 aliphatic heterocycles. The number of hydrogen-bond donors (Lipinski definition) is 2. The molecule has 0 saturated carbocycles. The van der Waals surface area contributed by atoms with E-state index in [9.17, 15) is 9.59 Å². The van der Waals surface area contributed by atoms with Crippen molar-refractivity contribution in [2.24, 2.45) is 0 Å². The maximum absolute atomic E-state index is 12.5. The smallest absolute Gasteiger partial charge is 0.253 e. The van der Waals surface area contributed by atoms with Gasteiger partial charge in [-0.05, 0) is 38.1 Å². The molecule has 7 nitrogen and oxygen atoms in total. The summed E-state index contributed by atoms with van der Waals surface area (Å²) in [5, 5.41) is 5.65. The monoisotopic (exact) mass is 371 g/mol. The average Bonchev–Trinajstić information content (AvgIpc) is 3.12. The second-order valence-corrected chi connectivity index (χ2v) is 6.81. The van der Waals surface area contributed by atoms with Crippen molar-refractivity contribution in [3.63, 3.8) is 0 Å². The normalized spacial score (nSPS) is 20.2. The molecule has 2 atom stereocenters. The van der Waals surface area contributed by atoms with Crippen molar-refractivity contribution in [3.05, 3.63) is 54.0 Å². The van der Waals surface area contributed by atoms with Crippen LogP contribution in [0.25, 0.3) is 0 Å². The SMILES string of the molecule is CC1CN(CC(=O)Nc2ccccc2C(=O)NCc2ccco2)CC(C)O1. The third-order valence-electron chi connectivity index (χ3n) is 4.31. The Morgan fingerprint density at radius 1 is 1.11 bits per heavy atom. The number of rotatable bonds is 6. The van der Waals surface area contributed by atoms with E-state index in [1.165, 1.54) is 0 Å². The molecule has 2 unspecified atom stereocenters. The molecule has 144 valence electrons. The molecule has 0 aliphatic carbocycles. The van der Waals surface area contributed by atoms with Crippen LogP contribution < -0.4 is 10.6 Å². The molecule has 1 fully saturated rings. The second-order valence-electron chi connectivity index (χ2n) is 6.81. The lowest BCUT2D eigenvalue weighted by Gasteiger charge is -2.34. The zero-order valence-corrected chi connectivity index (χ0v) is 15.6. The summed E-state index contributed by atoms with van der Waals surface area (Å²) in [6.07, 6.45) is 1.76. The standard InChI is InChI=1S/C20H25N3O4/c1-14-11-23(12-15(2)27-14)13-19(24)22-18-8-4-3-7-17(18)20(25)21-10-16-6-5-9-26-16/h3-9,14-15H,10-13H2,1-2H3,(H,21,25)(H,22,24). The molecule has 1 aliphatic rings. The van der Waals surface area contributed by atoms with E-state index in [1.54, 1.807) is 42.7 Å². The minimum Gasteiger partial charge on any atom is -0.467 e. The van der Waals surface area contributed by atoms with Gasteiger partial charge in [0.2, 0.25) is 5.91 Å². The third kappa shape index (κ3) is 5.42. The highest BCUT2D eigenvalue weighted by atomic mass is 16.5. The lowest BCUT2D eigenvalue weighted by molar-refractivity contribution is -0.121. The largest absolute Gasteiger partial charge is 0.467 e. The number of para-hydroxylation sites is 1. The molecule has 1 aromatic heterocycles. The Bertz CT molecular complexity index is 765. The van der Waals surface area contributed by atoms with Crippen molar-refractivity contribution < 1.29 is 18.7 Å². The Morgan fingerprint density at radius 3 is 2.56 bits per heavy atom.